The van der Waals surface area contributed by atoms with Gasteiger partial charge in [-0.1, -0.05) is 18.5 Å². The van der Waals surface area contributed by atoms with Crippen molar-refractivity contribution in [3.63, 3.8) is 0 Å². The van der Waals surface area contributed by atoms with Crippen LogP contribution in [-0.4, -0.2) is 23.5 Å². The second-order valence-electron chi connectivity index (χ2n) is 5.51. The molecule has 1 unspecified atom stereocenters. The van der Waals surface area contributed by atoms with Gasteiger partial charge in [-0.05, 0) is 45.4 Å². The van der Waals surface area contributed by atoms with Crippen LogP contribution in [0.1, 0.15) is 44.5 Å². The van der Waals surface area contributed by atoms with Gasteiger partial charge in [-0.3, -0.25) is 4.79 Å². The van der Waals surface area contributed by atoms with Gasteiger partial charge in [0.25, 0.3) is 5.91 Å². The number of ether oxygens (including phenoxy) is 1. The van der Waals surface area contributed by atoms with E-state index in [4.69, 9.17) is 22.1 Å². The average molecular weight is 313 g/mol. The fraction of sp³-hybridized carbons (Fsp3) is 0.467. The summed E-state index contributed by atoms with van der Waals surface area (Å²) in [6.07, 6.45) is -0.118. The lowest BCUT2D eigenvalue weighted by Crippen LogP contribution is -2.47. The lowest BCUT2D eigenvalue weighted by molar-refractivity contribution is -0.130. The topological polar surface area (TPSA) is 81.4 Å². The number of halogens is 1. The normalized spacial score (nSPS) is 12.6. The molecule has 0 aliphatic heterocycles. The smallest absolute Gasteiger partial charge is 0.338 e. The molecule has 0 aliphatic rings. The van der Waals surface area contributed by atoms with Crippen LogP contribution in [0.3, 0.4) is 0 Å². The molecule has 6 heteroatoms. The number of anilines is 1. The fourth-order valence-corrected chi connectivity index (χ4v) is 1.59. The molecule has 3 N–H and O–H groups in total. The summed E-state index contributed by atoms with van der Waals surface area (Å²) in [6, 6.07) is 4.44. The number of hydrogen-bond acceptors (Lipinski definition) is 4. The summed E-state index contributed by atoms with van der Waals surface area (Å²) in [5, 5.41) is 3.18. The summed E-state index contributed by atoms with van der Waals surface area (Å²) < 4.78 is 5.13. The quantitative estimate of drug-likeness (QED) is 0.647. The number of amides is 1. The number of hydrogen-bond donors (Lipinski definition) is 2. The summed E-state index contributed by atoms with van der Waals surface area (Å²) in [7, 11) is 0. The molecule has 1 aromatic rings. The third kappa shape index (κ3) is 4.93. The van der Waals surface area contributed by atoms with Crippen LogP contribution in [0.2, 0.25) is 5.02 Å². The molecule has 0 saturated carbocycles. The van der Waals surface area contributed by atoms with Crippen molar-refractivity contribution in [1.29, 1.82) is 0 Å². The van der Waals surface area contributed by atoms with E-state index in [2.05, 4.69) is 5.32 Å². The van der Waals surface area contributed by atoms with Crippen LogP contribution in [-0.2, 0) is 9.53 Å². The summed E-state index contributed by atoms with van der Waals surface area (Å²) in [6.45, 7) is 7.30. The second-order valence-corrected chi connectivity index (χ2v) is 5.92. The summed E-state index contributed by atoms with van der Waals surface area (Å²) >= 11 is 5.79. The third-order valence-electron chi connectivity index (χ3n) is 3.23. The van der Waals surface area contributed by atoms with Crippen LogP contribution in [0.5, 0.6) is 0 Å². The predicted molar refractivity (Wildman–Crippen MR) is 83.3 cm³/mol. The highest BCUT2D eigenvalue weighted by atomic mass is 35.5. The minimum atomic E-state index is -0.889. The van der Waals surface area contributed by atoms with Gasteiger partial charge in [-0.2, -0.15) is 0 Å². The van der Waals surface area contributed by atoms with Gasteiger partial charge in [0.2, 0.25) is 0 Å². The maximum absolute atomic E-state index is 12.0. The summed E-state index contributed by atoms with van der Waals surface area (Å²) in [4.78, 5) is 23.9. The van der Waals surface area contributed by atoms with E-state index in [1.165, 1.54) is 25.1 Å². The van der Waals surface area contributed by atoms with Crippen LogP contribution in [0.15, 0.2) is 18.2 Å². The molecule has 0 saturated heterocycles. The maximum atomic E-state index is 12.0. The molecule has 1 atom stereocenters. The Hall–Kier alpha value is -1.75. The highest BCUT2D eigenvalue weighted by Crippen LogP contribution is 2.20. The maximum Gasteiger partial charge on any atom is 0.338 e. The van der Waals surface area contributed by atoms with Gasteiger partial charge in [-0.15, -0.1) is 0 Å². The molecule has 0 bridgehead atoms. The molecule has 5 nitrogen and oxygen atoms in total. The number of carbonyl (C=O) groups is 2. The number of rotatable bonds is 5. The van der Waals surface area contributed by atoms with Gasteiger partial charge < -0.3 is 15.8 Å². The molecule has 0 spiro atoms. The van der Waals surface area contributed by atoms with E-state index in [-0.39, 0.29) is 22.7 Å². The summed E-state index contributed by atoms with van der Waals surface area (Å²) in [5.41, 5.74) is 5.83. The Balaban J connectivity index is 2.69. The zero-order chi connectivity index (χ0) is 16.2. The Morgan fingerprint density at radius 2 is 2.05 bits per heavy atom. The van der Waals surface area contributed by atoms with Crippen LogP contribution >= 0.6 is 11.6 Å². The Kier molecular flexibility index (Phi) is 5.61. The van der Waals surface area contributed by atoms with Crippen molar-refractivity contribution in [3.05, 3.63) is 28.8 Å². The van der Waals surface area contributed by atoms with Crippen molar-refractivity contribution in [2.24, 2.45) is 0 Å². The van der Waals surface area contributed by atoms with E-state index in [1.807, 2.05) is 20.8 Å². The van der Waals surface area contributed by atoms with Crippen LogP contribution in [0.4, 0.5) is 5.69 Å². The molecular formula is C15H21ClN2O3. The largest absolute Gasteiger partial charge is 0.449 e. The predicted octanol–water partition coefficient (Wildman–Crippen LogP) is 2.77. The molecule has 1 rings (SSSR count). The van der Waals surface area contributed by atoms with Crippen molar-refractivity contribution >= 4 is 29.2 Å². The Morgan fingerprint density at radius 3 is 2.57 bits per heavy atom. The highest BCUT2D eigenvalue weighted by molar-refractivity contribution is 6.33. The Labute approximate surface area is 129 Å². The monoisotopic (exact) mass is 312 g/mol. The first-order chi connectivity index (χ1) is 9.66. The molecule has 0 aromatic heterocycles. The molecule has 0 aliphatic carbocycles. The number of nitrogens with one attached hydrogen (secondary N) is 1. The Morgan fingerprint density at radius 1 is 1.43 bits per heavy atom. The molecule has 116 valence electrons. The average Bonchev–Trinajstić information content (AvgIpc) is 2.41. The van der Waals surface area contributed by atoms with Gasteiger partial charge in [0, 0.05) is 5.54 Å². The minimum Gasteiger partial charge on any atom is -0.449 e. The number of benzene rings is 1. The van der Waals surface area contributed by atoms with Crippen LogP contribution in [0, 0.1) is 0 Å². The van der Waals surface area contributed by atoms with E-state index in [0.29, 0.717) is 5.02 Å². The minimum absolute atomic E-state index is 0.256. The first-order valence-corrected chi connectivity index (χ1v) is 7.12. The number of carbonyl (C=O) groups excluding carboxylic acids is 2. The van der Waals surface area contributed by atoms with Crippen molar-refractivity contribution in [1.82, 2.24) is 5.32 Å². The first-order valence-electron chi connectivity index (χ1n) is 6.74. The van der Waals surface area contributed by atoms with E-state index in [9.17, 15) is 9.59 Å². The van der Waals surface area contributed by atoms with Crippen molar-refractivity contribution in [2.45, 2.75) is 45.8 Å². The standard InChI is InChI=1S/C15H21ClN2O3/c1-5-15(3,4)18-13(19)9(2)21-14(20)10-6-7-11(16)12(17)8-10/h6-9H,5,17H2,1-4H3,(H,18,19). The van der Waals surface area contributed by atoms with E-state index in [0.717, 1.165) is 6.42 Å². The molecule has 0 fully saturated rings. The zero-order valence-corrected chi connectivity index (χ0v) is 13.5. The van der Waals surface area contributed by atoms with Crippen LogP contribution < -0.4 is 11.1 Å². The molecule has 21 heavy (non-hydrogen) atoms. The van der Waals surface area contributed by atoms with Gasteiger partial charge in [0.15, 0.2) is 6.10 Å². The molecule has 1 aromatic carbocycles. The lowest BCUT2D eigenvalue weighted by Gasteiger charge is -2.26. The van der Waals surface area contributed by atoms with E-state index in [1.54, 1.807) is 0 Å². The number of nitrogens with two attached hydrogens (primary N) is 1. The van der Waals surface area contributed by atoms with Gasteiger partial charge in [-0.25, -0.2) is 4.79 Å². The first kappa shape index (κ1) is 17.3. The highest BCUT2D eigenvalue weighted by Gasteiger charge is 2.24. The molecule has 0 radical (unpaired) electrons. The van der Waals surface area contributed by atoms with E-state index < -0.39 is 12.1 Å². The van der Waals surface area contributed by atoms with Crippen molar-refractivity contribution in [3.8, 4) is 0 Å². The van der Waals surface area contributed by atoms with Crippen molar-refractivity contribution < 1.29 is 14.3 Å². The zero-order valence-electron chi connectivity index (χ0n) is 12.7. The Bertz CT molecular complexity index is 544. The lowest BCUT2D eigenvalue weighted by atomic mass is 10.0. The van der Waals surface area contributed by atoms with Crippen LogP contribution in [0.25, 0.3) is 0 Å². The van der Waals surface area contributed by atoms with Gasteiger partial charge in [0.05, 0.1) is 16.3 Å². The van der Waals surface area contributed by atoms with Gasteiger partial charge in [0.1, 0.15) is 0 Å². The molecular weight excluding hydrogens is 292 g/mol. The third-order valence-corrected chi connectivity index (χ3v) is 3.57. The molecule has 0 heterocycles. The fourth-order valence-electron chi connectivity index (χ4n) is 1.48. The number of nitrogen functional groups attached to an aromatic ring is 1. The van der Waals surface area contributed by atoms with Gasteiger partial charge >= 0.3 is 5.97 Å². The second kappa shape index (κ2) is 6.80. The SMILES string of the molecule is CCC(C)(C)NC(=O)C(C)OC(=O)c1ccc(Cl)c(N)c1. The number of esters is 1. The molecule has 1 amide bonds. The van der Waals surface area contributed by atoms with E-state index >= 15 is 0 Å². The summed E-state index contributed by atoms with van der Waals surface area (Å²) in [5.74, 6) is -0.951. The van der Waals surface area contributed by atoms with Crippen molar-refractivity contribution in [2.75, 3.05) is 5.73 Å².